The van der Waals surface area contributed by atoms with E-state index in [-0.39, 0.29) is 19.6 Å². The minimum atomic E-state index is -0.569. The number of nitrogens with one attached hydrogen (secondary N) is 1. The topological polar surface area (TPSA) is 90.5 Å². The highest BCUT2D eigenvalue weighted by atomic mass is 32.2. The van der Waals surface area contributed by atoms with Crippen molar-refractivity contribution < 1.29 is 18.7 Å². The molecule has 0 aliphatic carbocycles. The molecule has 0 saturated heterocycles. The Morgan fingerprint density at radius 3 is 2.81 bits per heavy atom. The van der Waals surface area contributed by atoms with E-state index in [0.29, 0.717) is 16.8 Å². The number of carbonyl (C=O) groups excluding carboxylic acids is 2. The molecule has 27 heavy (non-hydrogen) atoms. The number of fused-ring (bicyclic) bond motifs is 1. The first-order chi connectivity index (χ1) is 13.1. The zero-order valence-electron chi connectivity index (χ0n) is 14.6. The van der Waals surface area contributed by atoms with Crippen LogP contribution in [0, 0.1) is 0 Å². The van der Waals surface area contributed by atoms with Crippen LogP contribution in [0.5, 0.6) is 0 Å². The second-order valence-corrected chi connectivity index (χ2v) is 6.56. The molecule has 0 atom stereocenters. The van der Waals surface area contributed by atoms with Gasteiger partial charge in [0.2, 0.25) is 0 Å². The maximum absolute atomic E-state index is 11.9. The largest absolute Gasteiger partial charge is 0.456 e. The molecule has 0 aliphatic rings. The lowest BCUT2D eigenvalue weighted by Gasteiger charge is -2.08. The minimum Gasteiger partial charge on any atom is -0.456 e. The summed E-state index contributed by atoms with van der Waals surface area (Å²) >= 11 is 1.56. The zero-order valence-corrected chi connectivity index (χ0v) is 15.5. The first-order valence-electron chi connectivity index (χ1n) is 8.25. The predicted molar refractivity (Wildman–Crippen MR) is 103 cm³/mol. The minimum absolute atomic E-state index is 0.0430. The van der Waals surface area contributed by atoms with Crippen molar-refractivity contribution in [2.45, 2.75) is 17.9 Å². The maximum Gasteiger partial charge on any atom is 0.419 e. The van der Waals surface area contributed by atoms with Crippen LogP contribution in [0.3, 0.4) is 0 Å². The summed E-state index contributed by atoms with van der Waals surface area (Å²) in [6, 6.07) is 14.3. The summed E-state index contributed by atoms with van der Waals surface area (Å²) in [6.45, 7) is -0.268. The lowest BCUT2D eigenvalue weighted by molar-refractivity contribution is -0.147. The van der Waals surface area contributed by atoms with E-state index in [1.54, 1.807) is 42.1 Å². The summed E-state index contributed by atoms with van der Waals surface area (Å²) < 4.78 is 11.5. The molecule has 0 fully saturated rings. The van der Waals surface area contributed by atoms with Gasteiger partial charge in [0.05, 0.1) is 11.9 Å². The molecule has 0 spiro atoms. The molecule has 7 nitrogen and oxygen atoms in total. The number of hydrogen-bond donors (Lipinski definition) is 1. The van der Waals surface area contributed by atoms with Crippen LogP contribution in [0.4, 0.5) is 5.69 Å². The molecule has 0 saturated carbocycles. The van der Waals surface area contributed by atoms with Crippen molar-refractivity contribution >= 4 is 40.4 Å². The van der Waals surface area contributed by atoms with Gasteiger partial charge in [0.1, 0.15) is 0 Å². The molecule has 8 heteroatoms. The van der Waals surface area contributed by atoms with Crippen molar-refractivity contribution in [3.63, 3.8) is 0 Å². The van der Waals surface area contributed by atoms with Gasteiger partial charge in [-0.1, -0.05) is 18.2 Å². The summed E-state index contributed by atoms with van der Waals surface area (Å²) in [5.41, 5.74) is 1.71. The molecule has 1 heterocycles. The molecule has 3 rings (SSSR count). The lowest BCUT2D eigenvalue weighted by atomic mass is 10.3. The Morgan fingerprint density at radius 1 is 1.19 bits per heavy atom. The van der Waals surface area contributed by atoms with Gasteiger partial charge < -0.3 is 14.5 Å². The molecule has 1 N–H and O–H groups in total. The van der Waals surface area contributed by atoms with Crippen LogP contribution < -0.4 is 11.1 Å². The van der Waals surface area contributed by atoms with E-state index in [1.807, 2.05) is 24.5 Å². The summed E-state index contributed by atoms with van der Waals surface area (Å²) in [4.78, 5) is 36.7. The Balaban J connectivity index is 1.50. The molecular weight excluding hydrogens is 368 g/mol. The van der Waals surface area contributed by atoms with Gasteiger partial charge in [-0.05, 0) is 36.6 Å². The lowest BCUT2D eigenvalue weighted by Crippen LogP contribution is -2.22. The summed E-state index contributed by atoms with van der Waals surface area (Å²) in [7, 11) is 0. The van der Waals surface area contributed by atoms with E-state index < -0.39 is 17.6 Å². The second-order valence-electron chi connectivity index (χ2n) is 5.68. The number of thioether (sulfide) groups is 1. The number of nitrogens with zero attached hydrogens (tertiary/aromatic N) is 1. The number of rotatable bonds is 7. The van der Waals surface area contributed by atoms with Gasteiger partial charge in [-0.25, -0.2) is 4.79 Å². The number of ether oxygens (including phenoxy) is 1. The highest BCUT2D eigenvalue weighted by Gasteiger charge is 2.12. The van der Waals surface area contributed by atoms with E-state index in [0.717, 1.165) is 4.90 Å². The van der Waals surface area contributed by atoms with Gasteiger partial charge in [-0.15, -0.1) is 11.8 Å². The average molecular weight is 386 g/mol. The van der Waals surface area contributed by atoms with Crippen LogP contribution >= 0.6 is 11.8 Å². The van der Waals surface area contributed by atoms with Gasteiger partial charge in [0.15, 0.2) is 12.2 Å². The molecule has 0 radical (unpaired) electrons. The third-order valence-corrected chi connectivity index (χ3v) is 4.56. The molecule has 140 valence electrons. The number of amides is 1. The fourth-order valence-corrected chi connectivity index (χ4v) is 3.00. The third-order valence-electron chi connectivity index (χ3n) is 3.83. The quantitative estimate of drug-likeness (QED) is 0.496. The fraction of sp³-hybridized carbons (Fsp3) is 0.211. The van der Waals surface area contributed by atoms with Crippen LogP contribution in [0.2, 0.25) is 0 Å². The molecule has 3 aromatic rings. The number of benzene rings is 2. The van der Waals surface area contributed by atoms with Crippen LogP contribution in [0.1, 0.15) is 6.42 Å². The van der Waals surface area contributed by atoms with Crippen LogP contribution in [0.25, 0.3) is 11.1 Å². The molecule has 1 aromatic heterocycles. The summed E-state index contributed by atoms with van der Waals surface area (Å²) in [5, 5.41) is 2.68. The summed E-state index contributed by atoms with van der Waals surface area (Å²) in [6.07, 6.45) is 1.90. The first kappa shape index (κ1) is 18.8. The number of hydrogen-bond acceptors (Lipinski definition) is 6. The smallest absolute Gasteiger partial charge is 0.419 e. The Labute approximate surface area is 159 Å². The predicted octanol–water partition coefficient (Wildman–Crippen LogP) is 2.89. The SMILES string of the molecule is CSc1cccc(NC(=O)COC(=O)CCn2c(=O)oc3ccccc32)c1. The standard InChI is InChI=1S/C19H18N2O5S/c1-27-14-6-4-5-13(11-14)20-17(22)12-25-18(23)9-10-21-15-7-2-3-8-16(15)26-19(21)24/h2-8,11H,9-10,12H2,1H3,(H,20,22). The van der Waals surface area contributed by atoms with E-state index in [9.17, 15) is 14.4 Å². The normalized spacial score (nSPS) is 10.7. The number of carbonyl (C=O) groups is 2. The van der Waals surface area contributed by atoms with Crippen molar-refractivity contribution in [3.05, 3.63) is 59.1 Å². The van der Waals surface area contributed by atoms with Crippen molar-refractivity contribution in [1.82, 2.24) is 4.57 Å². The van der Waals surface area contributed by atoms with E-state index >= 15 is 0 Å². The highest BCUT2D eigenvalue weighted by Crippen LogP contribution is 2.18. The molecule has 0 aliphatic heterocycles. The van der Waals surface area contributed by atoms with Crippen molar-refractivity contribution in [3.8, 4) is 0 Å². The van der Waals surface area contributed by atoms with Gasteiger partial charge in [-0.2, -0.15) is 0 Å². The van der Waals surface area contributed by atoms with Gasteiger partial charge in [0.25, 0.3) is 5.91 Å². The maximum atomic E-state index is 11.9. The number of oxazole rings is 1. The monoisotopic (exact) mass is 386 g/mol. The number of aryl methyl sites for hydroxylation is 1. The van der Waals surface area contributed by atoms with Crippen molar-refractivity contribution in [2.75, 3.05) is 18.2 Å². The highest BCUT2D eigenvalue weighted by molar-refractivity contribution is 7.98. The third kappa shape index (κ3) is 4.79. The molecule has 2 aromatic carbocycles. The van der Waals surface area contributed by atoms with E-state index in [4.69, 9.17) is 9.15 Å². The molecular formula is C19H18N2O5S. The number of aromatic nitrogens is 1. The molecule has 0 unspecified atom stereocenters. The fourth-order valence-electron chi connectivity index (χ4n) is 2.54. The van der Waals surface area contributed by atoms with Gasteiger partial charge in [-0.3, -0.25) is 14.2 Å². The zero-order chi connectivity index (χ0) is 19.2. The number of para-hydroxylation sites is 2. The first-order valence-corrected chi connectivity index (χ1v) is 9.47. The number of anilines is 1. The van der Waals surface area contributed by atoms with Crippen LogP contribution in [-0.2, 0) is 20.9 Å². The van der Waals surface area contributed by atoms with E-state index in [1.165, 1.54) is 4.57 Å². The molecule has 1 amide bonds. The van der Waals surface area contributed by atoms with Crippen molar-refractivity contribution in [2.24, 2.45) is 0 Å². The molecule has 0 bridgehead atoms. The Kier molecular flexibility index (Phi) is 5.97. The summed E-state index contributed by atoms with van der Waals surface area (Å²) in [5.74, 6) is -1.52. The van der Waals surface area contributed by atoms with Gasteiger partial charge in [0, 0.05) is 17.1 Å². The van der Waals surface area contributed by atoms with E-state index in [2.05, 4.69) is 5.32 Å². The Bertz CT molecular complexity index is 1020. The van der Waals surface area contributed by atoms with Crippen LogP contribution in [0.15, 0.2) is 62.6 Å². The Morgan fingerprint density at radius 2 is 2.00 bits per heavy atom. The van der Waals surface area contributed by atoms with Crippen LogP contribution in [-0.4, -0.2) is 29.3 Å². The number of esters is 1. The second kappa shape index (κ2) is 8.59. The van der Waals surface area contributed by atoms with Gasteiger partial charge >= 0.3 is 11.7 Å². The Hall–Kier alpha value is -3.00. The average Bonchev–Trinajstić information content (AvgIpc) is 3.00. The van der Waals surface area contributed by atoms with Crippen molar-refractivity contribution in [1.29, 1.82) is 0 Å².